The van der Waals surface area contributed by atoms with Gasteiger partial charge in [0, 0.05) is 77.9 Å². The Morgan fingerprint density at radius 3 is 0.850 bits per heavy atom. The number of anilines is 6. The summed E-state index contributed by atoms with van der Waals surface area (Å²) in [5.41, 5.74) is 36.0. The fourth-order valence-corrected chi connectivity index (χ4v) is 18.9. The molecule has 0 bridgehead atoms. The fourth-order valence-electron chi connectivity index (χ4n) is 18.9. The summed E-state index contributed by atoms with van der Waals surface area (Å²) >= 11 is 0. The van der Waals surface area contributed by atoms with Gasteiger partial charge in [-0.2, -0.15) is 0 Å². The maximum absolute atomic E-state index is 2.85. The zero-order valence-corrected chi connectivity index (χ0v) is 69.9. The molecule has 3 aliphatic rings. The Kier molecular flexibility index (Phi) is 17.5. The largest absolute Gasteiger partial charge is 0.310 e. The number of hydrogen-bond donors (Lipinski definition) is 0. The first-order valence-corrected chi connectivity index (χ1v) is 41.7. The van der Waals surface area contributed by atoms with Gasteiger partial charge in [-0.15, -0.1) is 0 Å². The van der Waals surface area contributed by atoms with E-state index in [1.54, 1.807) is 0 Å². The van der Waals surface area contributed by atoms with Gasteiger partial charge in [0.15, 0.2) is 0 Å². The molecule has 4 heterocycles. The molecule has 15 aromatic rings. The summed E-state index contributed by atoms with van der Waals surface area (Å²) < 4.78 is 5.10. The van der Waals surface area contributed by atoms with Crippen molar-refractivity contribution in [3.63, 3.8) is 0 Å². The van der Waals surface area contributed by atoms with Crippen LogP contribution in [0.15, 0.2) is 267 Å². The van der Waals surface area contributed by atoms with Crippen molar-refractivity contribution in [1.82, 2.24) is 9.13 Å². The standard InChI is InChI=1S/C108H109BN4/c1-103(2,3)74-40-30-36-69(56-74)86-62-78(107(13,14)15)63-87(70-37-31-41-75(57-70)104(4,5)6)101(86)112-96-66-80(110-92-48-26-22-44-82(92)83-45-23-27-49-93(83)110)52-54-90(96)109-91-55-53-81(111-94-50-28-24-46-84(94)85-47-25-29-51-95(85)111)67-97(91)113(99-61-73(60-98(112)100(99)109)68-34-20-19-21-35-68)102-88(71-38-32-42-76(58-71)105(7,8)9)64-79(108(16,17)18)65-89(102)72-39-33-43-77(59-72)106(10,11)12/h22-33,36-68H,19-21,34-35H2,1-18H3. The first kappa shape index (κ1) is 73.6. The first-order chi connectivity index (χ1) is 53.8. The second-order valence-corrected chi connectivity index (χ2v) is 39.3. The smallest absolute Gasteiger partial charge is 0.252 e. The van der Waals surface area contributed by atoms with Gasteiger partial charge in [-0.3, -0.25) is 0 Å². The second kappa shape index (κ2) is 26.9. The lowest BCUT2D eigenvalue weighted by molar-refractivity contribution is 0.444. The maximum atomic E-state index is 2.85. The zero-order chi connectivity index (χ0) is 78.7. The molecule has 4 nitrogen and oxygen atoms in total. The van der Waals surface area contributed by atoms with Crippen molar-refractivity contribution in [3.05, 3.63) is 306 Å². The van der Waals surface area contributed by atoms with E-state index < -0.39 is 0 Å². The minimum Gasteiger partial charge on any atom is -0.310 e. The number of nitrogens with zero attached hydrogens (tertiary/aromatic N) is 4. The number of rotatable bonds is 9. The molecule has 0 unspecified atom stereocenters. The highest BCUT2D eigenvalue weighted by molar-refractivity contribution is 7.00. The summed E-state index contributed by atoms with van der Waals surface area (Å²) in [4.78, 5) is 5.69. The van der Waals surface area contributed by atoms with Crippen LogP contribution < -0.4 is 26.2 Å². The maximum Gasteiger partial charge on any atom is 0.252 e. The molecule has 1 aliphatic carbocycles. The molecule has 564 valence electrons. The molecule has 5 heteroatoms. The van der Waals surface area contributed by atoms with Crippen LogP contribution in [0.25, 0.3) is 99.5 Å². The van der Waals surface area contributed by atoms with E-state index in [1.165, 1.54) is 197 Å². The molecule has 113 heavy (non-hydrogen) atoms. The first-order valence-electron chi connectivity index (χ1n) is 41.7. The van der Waals surface area contributed by atoms with Crippen molar-refractivity contribution in [2.45, 2.75) is 195 Å². The van der Waals surface area contributed by atoms with E-state index in [2.05, 4.69) is 410 Å². The summed E-state index contributed by atoms with van der Waals surface area (Å²) in [6.07, 6.45) is 5.87. The summed E-state index contributed by atoms with van der Waals surface area (Å²) in [6, 6.07) is 106. The third-order valence-corrected chi connectivity index (χ3v) is 25.4. The molecule has 1 saturated carbocycles. The Bertz CT molecular complexity index is 5680. The summed E-state index contributed by atoms with van der Waals surface area (Å²) in [5.74, 6) is 0.311. The number of para-hydroxylation sites is 4. The van der Waals surface area contributed by atoms with Crippen LogP contribution in [0, 0.1) is 0 Å². The van der Waals surface area contributed by atoms with E-state index in [9.17, 15) is 0 Å². The van der Waals surface area contributed by atoms with E-state index in [4.69, 9.17) is 0 Å². The summed E-state index contributed by atoms with van der Waals surface area (Å²) in [6.45, 7) is 42.6. The van der Waals surface area contributed by atoms with Crippen LogP contribution in [0.2, 0.25) is 0 Å². The Balaban J connectivity index is 1.06. The summed E-state index contributed by atoms with van der Waals surface area (Å²) in [7, 11) is 0. The van der Waals surface area contributed by atoms with Crippen LogP contribution in [-0.2, 0) is 32.5 Å². The SMILES string of the molecule is CC(C)(C)c1cccc(-c2cc(C(C)(C)C)cc(-c3cccc(C(C)(C)C)c3)c2N2c3cc(-n4c5ccccc5c5ccccc54)ccc3B3c4ccc(-n5c6ccccc6c6ccccc65)cc4N(c4c(-c5cccc(C(C)(C)C)c5)cc(C(C)(C)C)cc4-c4cccc(C(C)(C)C)c4)c4cc(C5CCCCC5)cc2c43)c1. The molecule has 13 aromatic carbocycles. The molecule has 2 aromatic heterocycles. The quantitative estimate of drug-likeness (QED) is 0.134. The fraction of sp³-hybridized carbons (Fsp3) is 0.278. The molecule has 0 spiro atoms. The van der Waals surface area contributed by atoms with E-state index in [0.29, 0.717) is 5.92 Å². The third kappa shape index (κ3) is 12.8. The average Bonchev–Trinajstić information content (AvgIpc) is 0.741. The normalized spacial score (nSPS) is 14.4. The molecule has 0 N–H and O–H groups in total. The van der Waals surface area contributed by atoms with E-state index in [0.717, 1.165) is 24.2 Å². The highest BCUT2D eigenvalue weighted by Crippen LogP contribution is 2.57. The Hall–Kier alpha value is -10.9. The Morgan fingerprint density at radius 1 is 0.265 bits per heavy atom. The molecule has 0 amide bonds. The number of fused-ring (bicyclic) bond motifs is 10. The van der Waals surface area contributed by atoms with E-state index in [1.807, 2.05) is 0 Å². The van der Waals surface area contributed by atoms with Crippen LogP contribution >= 0.6 is 0 Å². The molecule has 0 atom stereocenters. The van der Waals surface area contributed by atoms with Crippen LogP contribution in [0.5, 0.6) is 0 Å². The topological polar surface area (TPSA) is 16.3 Å². The van der Waals surface area contributed by atoms with Crippen molar-refractivity contribution in [1.29, 1.82) is 0 Å². The van der Waals surface area contributed by atoms with Crippen molar-refractivity contribution in [3.8, 4) is 55.9 Å². The van der Waals surface area contributed by atoms with Crippen molar-refractivity contribution < 1.29 is 0 Å². The van der Waals surface area contributed by atoms with Gasteiger partial charge >= 0.3 is 0 Å². The Morgan fingerprint density at radius 2 is 0.558 bits per heavy atom. The van der Waals surface area contributed by atoms with Gasteiger partial charge < -0.3 is 18.9 Å². The number of aromatic nitrogens is 2. The molecule has 1 fully saturated rings. The minimum atomic E-state index is -0.235. The van der Waals surface area contributed by atoms with Gasteiger partial charge in [-0.1, -0.05) is 326 Å². The highest BCUT2D eigenvalue weighted by atomic mass is 15.2. The van der Waals surface area contributed by atoms with Crippen molar-refractivity contribution >= 4 is 101 Å². The Labute approximate surface area is 672 Å². The number of hydrogen-bond acceptors (Lipinski definition) is 2. The van der Waals surface area contributed by atoms with E-state index in [-0.39, 0.29) is 39.2 Å². The third-order valence-electron chi connectivity index (χ3n) is 25.4. The van der Waals surface area contributed by atoms with Crippen molar-refractivity contribution in [2.75, 3.05) is 9.80 Å². The highest BCUT2D eigenvalue weighted by Gasteiger charge is 2.47. The summed E-state index contributed by atoms with van der Waals surface area (Å²) in [5, 5.41) is 4.98. The van der Waals surface area contributed by atoms with Crippen LogP contribution in [0.3, 0.4) is 0 Å². The van der Waals surface area contributed by atoms with Gasteiger partial charge in [0.25, 0.3) is 6.71 Å². The minimum absolute atomic E-state index is 0.125. The van der Waals surface area contributed by atoms with Crippen molar-refractivity contribution in [2.24, 2.45) is 0 Å². The lowest BCUT2D eigenvalue weighted by atomic mass is 9.33. The lowest BCUT2D eigenvalue weighted by Crippen LogP contribution is -2.61. The predicted molar refractivity (Wildman–Crippen MR) is 489 cm³/mol. The molecular weight excluding hydrogens is 1360 g/mol. The van der Waals surface area contributed by atoms with Gasteiger partial charge in [-0.05, 0) is 214 Å². The van der Waals surface area contributed by atoms with Gasteiger partial charge in [0.2, 0.25) is 0 Å². The second-order valence-electron chi connectivity index (χ2n) is 39.3. The monoisotopic (exact) mass is 1470 g/mol. The average molecular weight is 1470 g/mol. The molecule has 2 aliphatic heterocycles. The van der Waals surface area contributed by atoms with E-state index >= 15 is 0 Å². The molecular formula is C108H109BN4. The molecule has 0 saturated heterocycles. The molecule has 18 rings (SSSR count). The zero-order valence-electron chi connectivity index (χ0n) is 69.9. The van der Waals surface area contributed by atoms with Crippen LogP contribution in [0.4, 0.5) is 34.1 Å². The number of benzene rings is 13. The van der Waals surface area contributed by atoms with Crippen LogP contribution in [-0.4, -0.2) is 15.8 Å². The van der Waals surface area contributed by atoms with Gasteiger partial charge in [-0.25, -0.2) is 0 Å². The predicted octanol–water partition coefficient (Wildman–Crippen LogP) is 28.5. The van der Waals surface area contributed by atoms with Gasteiger partial charge in [0.1, 0.15) is 0 Å². The molecule has 0 radical (unpaired) electrons. The lowest BCUT2D eigenvalue weighted by Gasteiger charge is -2.46. The van der Waals surface area contributed by atoms with Crippen LogP contribution in [0.1, 0.15) is 202 Å². The van der Waals surface area contributed by atoms with Gasteiger partial charge in [0.05, 0.1) is 33.4 Å².